The van der Waals surface area contributed by atoms with Crippen LogP contribution >= 0.6 is 0 Å². The first-order valence-corrected chi connectivity index (χ1v) is 5.52. The molecule has 0 saturated heterocycles. The predicted molar refractivity (Wildman–Crippen MR) is 52.0 cm³/mol. The first kappa shape index (κ1) is 8.55. The van der Waals surface area contributed by atoms with Gasteiger partial charge >= 0.3 is 0 Å². The molecule has 70 valence electrons. The Bertz CT molecular complexity index is 155. The second kappa shape index (κ2) is 3.37. The van der Waals surface area contributed by atoms with E-state index < -0.39 is 0 Å². The zero-order valence-corrected chi connectivity index (χ0v) is 8.34. The van der Waals surface area contributed by atoms with E-state index in [-0.39, 0.29) is 0 Å². The molecule has 4 unspecified atom stereocenters. The molecule has 0 aromatic carbocycles. The summed E-state index contributed by atoms with van der Waals surface area (Å²) in [5.41, 5.74) is 0. The number of fused-ring (bicyclic) bond motifs is 1. The van der Waals surface area contributed by atoms with Gasteiger partial charge < -0.3 is 5.32 Å². The fourth-order valence-corrected chi connectivity index (χ4v) is 2.79. The lowest BCUT2D eigenvalue weighted by atomic mass is 9.80. The molecule has 2 aliphatic carbocycles. The van der Waals surface area contributed by atoms with Crippen molar-refractivity contribution in [3.05, 3.63) is 0 Å². The minimum absolute atomic E-state index is 0.979. The van der Waals surface area contributed by atoms with Crippen LogP contribution in [-0.4, -0.2) is 13.1 Å². The highest BCUT2D eigenvalue weighted by Gasteiger charge is 2.44. The summed E-state index contributed by atoms with van der Waals surface area (Å²) in [6.45, 7) is 7.04. The van der Waals surface area contributed by atoms with Crippen LogP contribution in [0.15, 0.2) is 0 Å². The Morgan fingerprint density at radius 1 is 1.17 bits per heavy atom. The van der Waals surface area contributed by atoms with Gasteiger partial charge in [-0.2, -0.15) is 0 Å². The second-order valence-corrected chi connectivity index (χ2v) is 4.77. The Hall–Kier alpha value is -0.0400. The molecule has 1 N–H and O–H groups in total. The zero-order chi connectivity index (χ0) is 8.55. The highest BCUT2D eigenvalue weighted by molar-refractivity contribution is 4.95. The van der Waals surface area contributed by atoms with Crippen molar-refractivity contribution < 1.29 is 0 Å². The van der Waals surface area contributed by atoms with Crippen molar-refractivity contribution in [1.82, 2.24) is 5.32 Å². The molecular formula is C11H21N. The molecule has 0 amide bonds. The van der Waals surface area contributed by atoms with Crippen LogP contribution in [-0.2, 0) is 0 Å². The van der Waals surface area contributed by atoms with Crippen LogP contribution in [0, 0.1) is 23.7 Å². The summed E-state index contributed by atoms with van der Waals surface area (Å²) >= 11 is 0. The third kappa shape index (κ3) is 1.66. The fourth-order valence-electron chi connectivity index (χ4n) is 2.79. The van der Waals surface area contributed by atoms with Gasteiger partial charge in [0.1, 0.15) is 0 Å². The standard InChI is InChI=1S/C11H21N/c1-3-12-7-11-6-10-5-9(10)4-8(11)2/h8-12H,3-7H2,1-2H3. The minimum Gasteiger partial charge on any atom is -0.317 e. The summed E-state index contributed by atoms with van der Waals surface area (Å²) in [6, 6.07) is 0. The van der Waals surface area contributed by atoms with Crippen molar-refractivity contribution in [2.75, 3.05) is 13.1 Å². The van der Waals surface area contributed by atoms with Crippen LogP contribution in [0.1, 0.15) is 33.1 Å². The van der Waals surface area contributed by atoms with Crippen molar-refractivity contribution in [1.29, 1.82) is 0 Å². The van der Waals surface area contributed by atoms with Crippen molar-refractivity contribution in [3.8, 4) is 0 Å². The van der Waals surface area contributed by atoms with Gasteiger partial charge in [-0.15, -0.1) is 0 Å². The second-order valence-electron chi connectivity index (χ2n) is 4.77. The van der Waals surface area contributed by atoms with Gasteiger partial charge in [-0.05, 0) is 56.0 Å². The average molecular weight is 167 g/mol. The van der Waals surface area contributed by atoms with Gasteiger partial charge in [0.25, 0.3) is 0 Å². The van der Waals surface area contributed by atoms with Crippen molar-refractivity contribution >= 4 is 0 Å². The molecular weight excluding hydrogens is 146 g/mol. The first-order valence-electron chi connectivity index (χ1n) is 5.52. The Morgan fingerprint density at radius 2 is 1.92 bits per heavy atom. The summed E-state index contributed by atoms with van der Waals surface area (Å²) in [5.74, 6) is 4.23. The SMILES string of the molecule is CCNCC1CC2CC2CC1C. The highest BCUT2D eigenvalue weighted by Crippen LogP contribution is 2.53. The highest BCUT2D eigenvalue weighted by atomic mass is 14.8. The third-order valence-electron chi connectivity index (χ3n) is 3.81. The number of nitrogens with one attached hydrogen (secondary N) is 1. The molecule has 2 aliphatic rings. The van der Waals surface area contributed by atoms with E-state index in [2.05, 4.69) is 19.2 Å². The molecule has 12 heavy (non-hydrogen) atoms. The van der Waals surface area contributed by atoms with Crippen LogP contribution in [0.5, 0.6) is 0 Å². The average Bonchev–Trinajstić information content (AvgIpc) is 2.78. The van der Waals surface area contributed by atoms with E-state index in [0.29, 0.717) is 0 Å². The first-order chi connectivity index (χ1) is 5.81. The zero-order valence-electron chi connectivity index (χ0n) is 8.34. The molecule has 1 heteroatoms. The maximum Gasteiger partial charge on any atom is -0.00180 e. The third-order valence-corrected chi connectivity index (χ3v) is 3.81. The van der Waals surface area contributed by atoms with Crippen molar-refractivity contribution in [3.63, 3.8) is 0 Å². The fraction of sp³-hybridized carbons (Fsp3) is 1.00. The van der Waals surface area contributed by atoms with Gasteiger partial charge in [0.15, 0.2) is 0 Å². The van der Waals surface area contributed by atoms with Gasteiger partial charge in [0, 0.05) is 0 Å². The molecule has 0 aromatic heterocycles. The topological polar surface area (TPSA) is 12.0 Å². The van der Waals surface area contributed by atoms with Gasteiger partial charge in [-0.25, -0.2) is 0 Å². The van der Waals surface area contributed by atoms with E-state index in [0.717, 1.165) is 30.2 Å². The van der Waals surface area contributed by atoms with Gasteiger partial charge in [-0.1, -0.05) is 13.8 Å². The maximum atomic E-state index is 3.49. The normalized spacial score (nSPS) is 45.5. The lowest BCUT2D eigenvalue weighted by Gasteiger charge is -2.28. The van der Waals surface area contributed by atoms with Crippen LogP contribution in [0.2, 0.25) is 0 Å². The number of rotatable bonds is 3. The minimum atomic E-state index is 0.979. The largest absolute Gasteiger partial charge is 0.317 e. The van der Waals surface area contributed by atoms with E-state index >= 15 is 0 Å². The summed E-state index contributed by atoms with van der Waals surface area (Å²) in [5, 5.41) is 3.49. The molecule has 2 fully saturated rings. The van der Waals surface area contributed by atoms with E-state index in [4.69, 9.17) is 0 Å². The molecule has 2 saturated carbocycles. The maximum absolute atomic E-state index is 3.49. The van der Waals surface area contributed by atoms with E-state index in [9.17, 15) is 0 Å². The van der Waals surface area contributed by atoms with Crippen LogP contribution in [0.25, 0.3) is 0 Å². The van der Waals surface area contributed by atoms with Crippen LogP contribution < -0.4 is 5.32 Å². The van der Waals surface area contributed by atoms with Gasteiger partial charge in [-0.3, -0.25) is 0 Å². The molecule has 2 rings (SSSR count). The quantitative estimate of drug-likeness (QED) is 0.680. The monoisotopic (exact) mass is 167 g/mol. The molecule has 0 radical (unpaired) electrons. The Balaban J connectivity index is 1.79. The smallest absolute Gasteiger partial charge is 0.00180 e. The number of hydrogen-bond donors (Lipinski definition) is 1. The Labute approximate surface area is 75.9 Å². The molecule has 0 heterocycles. The van der Waals surface area contributed by atoms with Gasteiger partial charge in [0.2, 0.25) is 0 Å². The van der Waals surface area contributed by atoms with Crippen molar-refractivity contribution in [2.45, 2.75) is 33.1 Å². The molecule has 1 nitrogen and oxygen atoms in total. The van der Waals surface area contributed by atoms with Gasteiger partial charge in [0.05, 0.1) is 0 Å². The lowest BCUT2D eigenvalue weighted by Crippen LogP contribution is -2.29. The molecule has 0 spiro atoms. The van der Waals surface area contributed by atoms with Crippen LogP contribution in [0.3, 0.4) is 0 Å². The van der Waals surface area contributed by atoms with Crippen molar-refractivity contribution in [2.24, 2.45) is 23.7 Å². The Morgan fingerprint density at radius 3 is 2.67 bits per heavy atom. The van der Waals surface area contributed by atoms with E-state index in [1.165, 1.54) is 19.4 Å². The summed E-state index contributed by atoms with van der Waals surface area (Å²) in [4.78, 5) is 0. The Kier molecular flexibility index (Phi) is 2.40. The summed E-state index contributed by atoms with van der Waals surface area (Å²) in [7, 11) is 0. The predicted octanol–water partition coefficient (Wildman–Crippen LogP) is 2.28. The molecule has 4 atom stereocenters. The summed E-state index contributed by atoms with van der Waals surface area (Å²) < 4.78 is 0. The molecule has 0 bridgehead atoms. The number of hydrogen-bond acceptors (Lipinski definition) is 1. The summed E-state index contributed by atoms with van der Waals surface area (Å²) in [6.07, 6.45) is 4.58. The van der Waals surface area contributed by atoms with E-state index in [1.807, 2.05) is 0 Å². The lowest BCUT2D eigenvalue weighted by molar-refractivity contribution is 0.239. The van der Waals surface area contributed by atoms with E-state index in [1.54, 1.807) is 6.42 Å². The molecule has 0 aliphatic heterocycles. The van der Waals surface area contributed by atoms with Crippen LogP contribution in [0.4, 0.5) is 0 Å². The molecule has 0 aromatic rings.